The van der Waals surface area contributed by atoms with Gasteiger partial charge in [-0.3, -0.25) is 14.4 Å². The van der Waals surface area contributed by atoms with Gasteiger partial charge >= 0.3 is 5.97 Å². The normalized spacial score (nSPS) is 15.6. The maximum atomic E-state index is 12.2. The van der Waals surface area contributed by atoms with Crippen molar-refractivity contribution < 1.29 is 23.9 Å². The Morgan fingerprint density at radius 1 is 1.24 bits per heavy atom. The van der Waals surface area contributed by atoms with E-state index in [-0.39, 0.29) is 12.5 Å². The highest BCUT2D eigenvalue weighted by atomic mass is 16.5. The van der Waals surface area contributed by atoms with Gasteiger partial charge in [-0.05, 0) is 24.3 Å². The number of rotatable bonds is 5. The van der Waals surface area contributed by atoms with E-state index in [4.69, 9.17) is 0 Å². The Labute approximate surface area is 144 Å². The summed E-state index contributed by atoms with van der Waals surface area (Å²) in [6.07, 6.45) is 3.92. The summed E-state index contributed by atoms with van der Waals surface area (Å²) >= 11 is 0. The molecule has 1 aromatic carbocycles. The van der Waals surface area contributed by atoms with E-state index < -0.39 is 23.7 Å². The van der Waals surface area contributed by atoms with Gasteiger partial charge in [0.25, 0.3) is 5.91 Å². The number of nitrogens with zero attached hydrogens (tertiary/aromatic N) is 2. The van der Waals surface area contributed by atoms with Gasteiger partial charge < -0.3 is 15.0 Å². The van der Waals surface area contributed by atoms with E-state index in [1.54, 1.807) is 12.1 Å². The van der Waals surface area contributed by atoms with Crippen LogP contribution in [0.2, 0.25) is 0 Å². The highest BCUT2D eigenvalue weighted by molar-refractivity contribution is 6.06. The first-order valence-electron chi connectivity index (χ1n) is 7.40. The molecule has 0 bridgehead atoms. The van der Waals surface area contributed by atoms with Crippen molar-refractivity contribution in [3.8, 4) is 0 Å². The molecular weight excluding hydrogens is 326 g/mol. The molecule has 1 aromatic rings. The number of carbonyl (C=O) groups is 4. The van der Waals surface area contributed by atoms with Crippen LogP contribution in [0.3, 0.4) is 0 Å². The van der Waals surface area contributed by atoms with Gasteiger partial charge in [0.1, 0.15) is 0 Å². The zero-order valence-corrected chi connectivity index (χ0v) is 13.8. The van der Waals surface area contributed by atoms with Gasteiger partial charge in [0, 0.05) is 25.0 Å². The molecule has 0 saturated carbocycles. The maximum Gasteiger partial charge on any atom is 0.337 e. The van der Waals surface area contributed by atoms with Crippen LogP contribution >= 0.6 is 0 Å². The highest BCUT2D eigenvalue weighted by Crippen LogP contribution is 2.11. The molecule has 2 rings (SSSR count). The van der Waals surface area contributed by atoms with Crippen molar-refractivity contribution >= 4 is 35.6 Å². The molecular formula is C17H17N3O5. The fraction of sp³-hybridized carbons (Fsp3) is 0.235. The number of hydrogen-bond acceptors (Lipinski definition) is 5. The first-order chi connectivity index (χ1) is 11.9. The van der Waals surface area contributed by atoms with Gasteiger partial charge in [-0.2, -0.15) is 0 Å². The lowest BCUT2D eigenvalue weighted by molar-refractivity contribution is -0.134. The zero-order chi connectivity index (χ0) is 18.4. The Balaban J connectivity index is 1.90. The van der Waals surface area contributed by atoms with Crippen molar-refractivity contribution in [3.05, 3.63) is 42.0 Å². The van der Waals surface area contributed by atoms with E-state index in [2.05, 4.69) is 15.0 Å². The van der Waals surface area contributed by atoms with E-state index in [0.717, 1.165) is 0 Å². The summed E-state index contributed by atoms with van der Waals surface area (Å²) in [6.45, 7) is -0.163. The van der Waals surface area contributed by atoms with Crippen molar-refractivity contribution in [1.29, 1.82) is 0 Å². The smallest absolute Gasteiger partial charge is 0.337 e. The molecule has 25 heavy (non-hydrogen) atoms. The van der Waals surface area contributed by atoms with E-state index in [0.29, 0.717) is 11.3 Å². The number of nitrogens with one attached hydrogen (secondary N) is 1. The monoisotopic (exact) mass is 343 g/mol. The number of esters is 1. The number of hydrogen-bond donors (Lipinski definition) is 1. The first-order valence-corrected chi connectivity index (χ1v) is 7.40. The Bertz CT molecular complexity index is 736. The molecule has 0 aromatic heterocycles. The number of methoxy groups -OCH3 is 1. The van der Waals surface area contributed by atoms with Crippen molar-refractivity contribution in [3.63, 3.8) is 0 Å². The van der Waals surface area contributed by atoms with Crippen LogP contribution in [0.1, 0.15) is 10.4 Å². The Morgan fingerprint density at radius 3 is 2.48 bits per heavy atom. The number of aliphatic imine (C=N–C) groups is 1. The minimum atomic E-state index is -0.658. The third kappa shape index (κ3) is 4.84. The largest absolute Gasteiger partial charge is 0.465 e. The molecule has 0 saturated heterocycles. The molecule has 0 fully saturated rings. The standard InChI is InChI=1S/C17H17N3O5/c1-20(16(23)12-5-8-14(21)18-9-12)10-15(22)19-13-6-3-11(4-7-13)17(24)25-2/h3-9,12H,10H2,1-2H3,(H,19,22). The van der Waals surface area contributed by atoms with Gasteiger partial charge in [-0.25, -0.2) is 9.79 Å². The summed E-state index contributed by atoms with van der Waals surface area (Å²) in [5.41, 5.74) is 0.855. The van der Waals surface area contributed by atoms with Crippen LogP contribution in [0.25, 0.3) is 0 Å². The van der Waals surface area contributed by atoms with Gasteiger partial charge in [0.15, 0.2) is 0 Å². The number of amides is 3. The molecule has 1 aliphatic rings. The van der Waals surface area contributed by atoms with Crippen molar-refractivity contribution in [2.45, 2.75) is 0 Å². The highest BCUT2D eigenvalue weighted by Gasteiger charge is 2.22. The Morgan fingerprint density at radius 2 is 1.92 bits per heavy atom. The maximum absolute atomic E-state index is 12.2. The predicted molar refractivity (Wildman–Crippen MR) is 90.2 cm³/mol. The summed E-state index contributed by atoms with van der Waals surface area (Å²) in [7, 11) is 2.77. The molecule has 130 valence electrons. The molecule has 1 atom stereocenters. The lowest BCUT2D eigenvalue weighted by Gasteiger charge is -2.20. The fourth-order valence-electron chi connectivity index (χ4n) is 2.13. The van der Waals surface area contributed by atoms with Crippen LogP contribution in [0, 0.1) is 5.92 Å². The quantitative estimate of drug-likeness (QED) is 0.791. The molecule has 0 spiro atoms. The fourth-order valence-corrected chi connectivity index (χ4v) is 2.13. The number of benzene rings is 1. The average Bonchev–Trinajstić information content (AvgIpc) is 2.61. The van der Waals surface area contributed by atoms with Gasteiger partial charge in [-0.15, -0.1) is 0 Å². The molecule has 8 heteroatoms. The third-order valence-electron chi connectivity index (χ3n) is 3.44. The van der Waals surface area contributed by atoms with Crippen LogP contribution in [-0.2, 0) is 19.1 Å². The second-order valence-corrected chi connectivity index (χ2v) is 5.31. The van der Waals surface area contributed by atoms with Crippen LogP contribution in [0.4, 0.5) is 5.69 Å². The lowest BCUT2D eigenvalue weighted by Crippen LogP contribution is -2.39. The van der Waals surface area contributed by atoms with E-state index in [1.165, 1.54) is 49.6 Å². The Hall–Kier alpha value is -3.29. The summed E-state index contributed by atoms with van der Waals surface area (Å²) in [5, 5.41) is 2.63. The molecule has 1 aliphatic heterocycles. The van der Waals surface area contributed by atoms with E-state index >= 15 is 0 Å². The average molecular weight is 343 g/mol. The number of ether oxygens (including phenoxy) is 1. The van der Waals surface area contributed by atoms with E-state index in [9.17, 15) is 19.2 Å². The first kappa shape index (κ1) is 18.1. The van der Waals surface area contributed by atoms with Gasteiger partial charge in [0.05, 0.1) is 25.1 Å². The van der Waals surface area contributed by atoms with Crippen LogP contribution in [0.5, 0.6) is 0 Å². The topological polar surface area (TPSA) is 105 Å². The molecule has 0 aliphatic carbocycles. The minimum Gasteiger partial charge on any atom is -0.465 e. The van der Waals surface area contributed by atoms with Gasteiger partial charge in [0.2, 0.25) is 11.8 Å². The molecule has 1 heterocycles. The van der Waals surface area contributed by atoms with Crippen LogP contribution < -0.4 is 5.32 Å². The summed E-state index contributed by atoms with van der Waals surface area (Å²) in [5.74, 6) is -2.28. The van der Waals surface area contributed by atoms with Crippen molar-refractivity contribution in [2.24, 2.45) is 10.9 Å². The van der Waals surface area contributed by atoms with Crippen LogP contribution in [0.15, 0.2) is 41.4 Å². The van der Waals surface area contributed by atoms with Gasteiger partial charge in [-0.1, -0.05) is 6.08 Å². The zero-order valence-electron chi connectivity index (χ0n) is 13.8. The molecule has 1 unspecified atom stereocenters. The second kappa shape index (κ2) is 8.00. The molecule has 1 N–H and O–H groups in total. The number of likely N-dealkylation sites (N-methyl/N-ethyl adjacent to an activating group) is 1. The molecule has 0 radical (unpaired) electrons. The van der Waals surface area contributed by atoms with E-state index in [1.807, 2.05) is 0 Å². The van der Waals surface area contributed by atoms with Crippen LogP contribution in [-0.4, -0.2) is 55.5 Å². The summed E-state index contributed by atoms with van der Waals surface area (Å²) in [6, 6.07) is 6.18. The summed E-state index contributed by atoms with van der Waals surface area (Å²) < 4.78 is 4.59. The molecule has 8 nitrogen and oxygen atoms in total. The number of dihydropyridines is 1. The number of carbonyl (C=O) groups excluding carboxylic acids is 4. The lowest BCUT2D eigenvalue weighted by atomic mass is 10.1. The summed E-state index contributed by atoms with van der Waals surface area (Å²) in [4.78, 5) is 51.3. The number of anilines is 1. The van der Waals surface area contributed by atoms with Crippen molar-refractivity contribution in [2.75, 3.05) is 26.0 Å². The van der Waals surface area contributed by atoms with Crippen molar-refractivity contribution in [1.82, 2.24) is 4.90 Å². The second-order valence-electron chi connectivity index (χ2n) is 5.31. The molecule has 3 amide bonds. The SMILES string of the molecule is COC(=O)c1ccc(NC(=O)CN(C)C(=O)C2C=CC(=O)N=C2)cc1. The third-order valence-corrected chi connectivity index (χ3v) is 3.44. The predicted octanol–water partition coefficient (Wildman–Crippen LogP) is 0.653. The minimum absolute atomic E-state index is 0.163. The Kier molecular flexibility index (Phi) is 5.78.